The molecule has 0 radical (unpaired) electrons. The summed E-state index contributed by atoms with van der Waals surface area (Å²) < 4.78 is 1.98. The third kappa shape index (κ3) is 3.76. The molecule has 9 heteroatoms. The van der Waals surface area contributed by atoms with Gasteiger partial charge in [-0.3, -0.25) is 14.4 Å². The van der Waals surface area contributed by atoms with E-state index in [1.54, 1.807) is 29.5 Å². The van der Waals surface area contributed by atoms with Gasteiger partial charge < -0.3 is 5.32 Å². The topological polar surface area (TPSA) is 72.2 Å². The van der Waals surface area contributed by atoms with E-state index < -0.39 is 0 Å². The van der Waals surface area contributed by atoms with Crippen LogP contribution in [-0.4, -0.2) is 26.4 Å². The fourth-order valence-corrected chi connectivity index (χ4v) is 4.68. The van der Waals surface area contributed by atoms with Gasteiger partial charge in [-0.15, -0.1) is 21.5 Å². The summed E-state index contributed by atoms with van der Waals surface area (Å²) in [5.74, 6) is 1.10. The lowest BCUT2D eigenvalue weighted by molar-refractivity contribution is 0.0949. The van der Waals surface area contributed by atoms with Crippen LogP contribution in [0.4, 0.5) is 0 Å². The number of thiophene rings is 1. The van der Waals surface area contributed by atoms with E-state index in [4.69, 9.17) is 28.2 Å². The largest absolute Gasteiger partial charge is 0.345 e. The van der Waals surface area contributed by atoms with Crippen molar-refractivity contribution in [1.29, 1.82) is 0 Å². The first-order chi connectivity index (χ1) is 15.1. The molecule has 0 atom stereocenters. The number of benzene rings is 2. The van der Waals surface area contributed by atoms with Crippen LogP contribution in [0.1, 0.15) is 33.1 Å². The predicted octanol–water partition coefficient (Wildman–Crippen LogP) is 4.92. The second kappa shape index (κ2) is 8.26. The molecular weight excluding hydrogens is 453 g/mol. The quantitative estimate of drug-likeness (QED) is 0.462. The fraction of sp³-hybridized carbons (Fsp3) is 0.0909. The van der Waals surface area contributed by atoms with E-state index >= 15 is 0 Å². The normalized spacial score (nSPS) is 12.5. The molecule has 1 aliphatic rings. The van der Waals surface area contributed by atoms with E-state index in [1.807, 2.05) is 40.3 Å². The lowest BCUT2D eigenvalue weighted by atomic mass is 10.0. The first-order valence-electron chi connectivity index (χ1n) is 9.46. The molecule has 0 fully saturated rings. The van der Waals surface area contributed by atoms with Crippen LogP contribution in [0.2, 0.25) is 10.0 Å². The van der Waals surface area contributed by atoms with Crippen molar-refractivity contribution < 1.29 is 4.79 Å². The Hall–Kier alpha value is -3.00. The molecule has 0 saturated carbocycles. The van der Waals surface area contributed by atoms with Gasteiger partial charge in [0, 0.05) is 16.7 Å². The summed E-state index contributed by atoms with van der Waals surface area (Å²) in [5, 5.41) is 15.3. The van der Waals surface area contributed by atoms with Crippen molar-refractivity contribution in [2.75, 3.05) is 0 Å². The summed E-state index contributed by atoms with van der Waals surface area (Å²) >= 11 is 13.6. The molecule has 1 aliphatic heterocycles. The van der Waals surface area contributed by atoms with Crippen LogP contribution in [0.15, 0.2) is 65.0 Å². The maximum Gasteiger partial charge on any atom is 0.251 e. The Morgan fingerprint density at radius 1 is 1.06 bits per heavy atom. The van der Waals surface area contributed by atoms with Gasteiger partial charge in [0.25, 0.3) is 5.91 Å². The maximum absolute atomic E-state index is 12.6. The summed E-state index contributed by atoms with van der Waals surface area (Å²) in [6.07, 6.45) is 0. The minimum absolute atomic E-state index is 0.212. The number of carbonyl (C=O) groups excluding carboxylic acids is 1. The van der Waals surface area contributed by atoms with E-state index in [-0.39, 0.29) is 12.5 Å². The molecule has 154 valence electrons. The zero-order valence-electron chi connectivity index (χ0n) is 16.0. The lowest BCUT2D eigenvalue weighted by Crippen LogP contribution is -2.24. The first kappa shape index (κ1) is 19.9. The van der Waals surface area contributed by atoms with Gasteiger partial charge in [0.2, 0.25) is 0 Å². The van der Waals surface area contributed by atoms with Crippen molar-refractivity contribution in [3.05, 3.63) is 98.4 Å². The van der Waals surface area contributed by atoms with E-state index in [0.29, 0.717) is 28.0 Å². The van der Waals surface area contributed by atoms with Gasteiger partial charge in [0.1, 0.15) is 11.5 Å². The number of fused-ring (bicyclic) bond motifs is 3. The number of nitrogens with zero attached hydrogens (tertiary/aromatic N) is 4. The molecule has 6 nitrogen and oxygen atoms in total. The van der Waals surface area contributed by atoms with Gasteiger partial charge in [-0.05, 0) is 29.6 Å². The number of hydrogen-bond acceptors (Lipinski definition) is 5. The van der Waals surface area contributed by atoms with E-state index in [2.05, 4.69) is 21.6 Å². The summed E-state index contributed by atoms with van der Waals surface area (Å²) in [7, 11) is 0. The second-order valence-corrected chi connectivity index (χ2v) is 8.56. The van der Waals surface area contributed by atoms with Crippen LogP contribution in [0.3, 0.4) is 0 Å². The molecule has 2 aromatic heterocycles. The first-order valence-corrected chi connectivity index (χ1v) is 11.1. The van der Waals surface area contributed by atoms with Crippen molar-refractivity contribution in [3.8, 4) is 5.00 Å². The third-order valence-corrected chi connectivity index (χ3v) is 6.55. The highest BCUT2D eigenvalue weighted by atomic mass is 35.5. The maximum atomic E-state index is 12.6. The van der Waals surface area contributed by atoms with Crippen LogP contribution in [0.5, 0.6) is 0 Å². The Kier molecular flexibility index (Phi) is 5.31. The minimum Gasteiger partial charge on any atom is -0.345 e. The molecule has 1 N–H and O–H groups in total. The van der Waals surface area contributed by atoms with Crippen LogP contribution < -0.4 is 5.32 Å². The van der Waals surface area contributed by atoms with Crippen LogP contribution in [-0.2, 0) is 13.1 Å². The van der Waals surface area contributed by atoms with E-state index in [9.17, 15) is 4.79 Å². The van der Waals surface area contributed by atoms with Crippen LogP contribution in [0, 0.1) is 0 Å². The summed E-state index contributed by atoms with van der Waals surface area (Å²) in [6, 6.07) is 16.9. The molecule has 4 aromatic rings. The van der Waals surface area contributed by atoms with Crippen molar-refractivity contribution in [3.63, 3.8) is 0 Å². The summed E-state index contributed by atoms with van der Waals surface area (Å²) in [6.45, 7) is 0.615. The highest BCUT2D eigenvalue weighted by Crippen LogP contribution is 2.30. The van der Waals surface area contributed by atoms with Crippen LogP contribution in [0.25, 0.3) is 5.00 Å². The number of aliphatic imine (C=N–C) groups is 1. The van der Waals surface area contributed by atoms with Gasteiger partial charge in [-0.25, -0.2) is 0 Å². The molecule has 2 aromatic carbocycles. The molecule has 5 rings (SSSR count). The number of carbonyl (C=O) groups is 1. The Labute approximate surface area is 192 Å². The van der Waals surface area contributed by atoms with Gasteiger partial charge in [0.15, 0.2) is 11.6 Å². The average Bonchev–Trinajstić information content (AvgIpc) is 3.38. The number of halogens is 2. The third-order valence-electron chi connectivity index (χ3n) is 4.91. The van der Waals surface area contributed by atoms with Gasteiger partial charge >= 0.3 is 0 Å². The van der Waals surface area contributed by atoms with Crippen molar-refractivity contribution in [2.45, 2.75) is 13.1 Å². The predicted molar refractivity (Wildman–Crippen MR) is 123 cm³/mol. The van der Waals surface area contributed by atoms with Gasteiger partial charge in [-0.1, -0.05) is 53.5 Å². The number of nitrogens with one attached hydrogen (secondary N) is 1. The summed E-state index contributed by atoms with van der Waals surface area (Å²) in [5.41, 5.74) is 3.42. The van der Waals surface area contributed by atoms with Crippen LogP contribution >= 0.6 is 34.5 Å². The second-order valence-electron chi connectivity index (χ2n) is 6.85. The average molecular weight is 468 g/mol. The van der Waals surface area contributed by atoms with Gasteiger partial charge in [-0.2, -0.15) is 0 Å². The highest BCUT2D eigenvalue weighted by molar-refractivity contribution is 7.13. The zero-order valence-corrected chi connectivity index (χ0v) is 18.4. The molecule has 0 saturated heterocycles. The van der Waals surface area contributed by atoms with Crippen molar-refractivity contribution in [2.24, 2.45) is 4.99 Å². The Balaban J connectivity index is 1.44. The molecule has 3 heterocycles. The monoisotopic (exact) mass is 467 g/mol. The molecule has 0 spiro atoms. The number of aromatic nitrogens is 3. The van der Waals surface area contributed by atoms with Gasteiger partial charge in [0.05, 0.1) is 22.3 Å². The highest BCUT2D eigenvalue weighted by Gasteiger charge is 2.24. The SMILES string of the molecule is O=C(NCc1nnc2n1-c1sccc1C(c1ccccc1)=NC2)c1ccc(Cl)c(Cl)c1. The molecular formula is C22H15Cl2N5OS. The Morgan fingerprint density at radius 3 is 2.71 bits per heavy atom. The summed E-state index contributed by atoms with van der Waals surface area (Å²) in [4.78, 5) is 17.4. The molecule has 0 aliphatic carbocycles. The number of hydrogen-bond donors (Lipinski definition) is 1. The van der Waals surface area contributed by atoms with E-state index in [1.165, 1.54) is 0 Å². The lowest BCUT2D eigenvalue weighted by Gasteiger charge is -2.10. The standard InChI is InChI=1S/C22H15Cl2N5OS/c23-16-7-6-14(10-17(16)24)21(30)26-12-19-28-27-18-11-25-20(13-4-2-1-3-5-13)15-8-9-31-22(15)29(18)19/h1-10H,11-12H2,(H,26,30). The minimum atomic E-state index is -0.267. The number of amides is 1. The Morgan fingerprint density at radius 2 is 1.90 bits per heavy atom. The van der Waals surface area contributed by atoms with Crippen molar-refractivity contribution in [1.82, 2.24) is 20.1 Å². The molecule has 0 bridgehead atoms. The smallest absolute Gasteiger partial charge is 0.251 e. The van der Waals surface area contributed by atoms with Crippen molar-refractivity contribution >= 4 is 46.2 Å². The molecule has 31 heavy (non-hydrogen) atoms. The van der Waals surface area contributed by atoms with E-state index in [0.717, 1.165) is 27.7 Å². The number of rotatable bonds is 4. The molecule has 0 unspecified atom stereocenters. The molecule has 1 amide bonds. The Bertz CT molecular complexity index is 1310. The fourth-order valence-electron chi connectivity index (χ4n) is 3.44. The zero-order chi connectivity index (χ0) is 21.4.